The monoisotopic (exact) mass is 274 g/mol. The predicted molar refractivity (Wildman–Crippen MR) is 78.7 cm³/mol. The molecule has 0 amide bonds. The lowest BCUT2D eigenvalue weighted by molar-refractivity contribution is -0.140. The Bertz CT molecular complexity index is 488. The molecule has 0 aliphatic heterocycles. The van der Waals surface area contributed by atoms with Gasteiger partial charge in [0.05, 0.1) is 13.0 Å². The highest BCUT2D eigenvalue weighted by Gasteiger charge is 2.21. The Labute approximate surface area is 120 Å². The van der Waals surface area contributed by atoms with Gasteiger partial charge in [0.1, 0.15) is 0 Å². The van der Waals surface area contributed by atoms with Crippen LogP contribution in [0.2, 0.25) is 0 Å². The Balaban J connectivity index is 2.45. The van der Waals surface area contributed by atoms with Gasteiger partial charge >= 0.3 is 11.7 Å². The first kappa shape index (κ1) is 16.1. The molecule has 0 heterocycles. The van der Waals surface area contributed by atoms with E-state index < -0.39 is 5.97 Å². The molecule has 20 heavy (non-hydrogen) atoms. The van der Waals surface area contributed by atoms with Crippen molar-refractivity contribution < 1.29 is 14.3 Å². The van der Waals surface area contributed by atoms with E-state index in [1.165, 1.54) is 11.1 Å². The van der Waals surface area contributed by atoms with Crippen LogP contribution in [0, 0.1) is 6.92 Å². The van der Waals surface area contributed by atoms with Crippen LogP contribution in [0.5, 0.6) is 0 Å². The van der Waals surface area contributed by atoms with Gasteiger partial charge in [-0.3, -0.25) is 0 Å². The molecule has 0 aromatic heterocycles. The molecule has 0 radical (unpaired) electrons. The fourth-order valence-corrected chi connectivity index (χ4v) is 2.04. The summed E-state index contributed by atoms with van der Waals surface area (Å²) in [5.41, 5.74) is 11.5. The van der Waals surface area contributed by atoms with E-state index in [9.17, 15) is 4.79 Å². The van der Waals surface area contributed by atoms with Gasteiger partial charge in [-0.1, -0.05) is 36.8 Å². The molecule has 1 rings (SSSR count). The van der Waals surface area contributed by atoms with Crippen LogP contribution in [0.25, 0.3) is 5.53 Å². The number of carbonyl (C=O) groups excluding carboxylic acids is 1. The molecule has 0 fully saturated rings. The third kappa shape index (κ3) is 4.98. The average Bonchev–Trinajstić information content (AvgIpc) is 2.44. The van der Waals surface area contributed by atoms with Crippen LogP contribution in [0.15, 0.2) is 24.3 Å². The first-order chi connectivity index (χ1) is 9.58. The first-order valence-corrected chi connectivity index (χ1v) is 7.03. The number of nitrogens with zero attached hydrogens (tertiary/aromatic N) is 2. The summed E-state index contributed by atoms with van der Waals surface area (Å²) >= 11 is 0. The van der Waals surface area contributed by atoms with Gasteiger partial charge in [-0.2, -0.15) is 4.79 Å². The second-order valence-corrected chi connectivity index (χ2v) is 4.97. The number of esters is 1. The summed E-state index contributed by atoms with van der Waals surface area (Å²) in [5.74, 6) is -0.115. The molecule has 1 aromatic rings. The van der Waals surface area contributed by atoms with Crippen molar-refractivity contribution in [2.75, 3.05) is 6.61 Å². The number of rotatable bonds is 7. The van der Waals surface area contributed by atoms with Gasteiger partial charge in [-0.05, 0) is 38.2 Å². The van der Waals surface area contributed by atoms with Crippen molar-refractivity contribution in [2.45, 2.75) is 46.0 Å². The molecule has 0 N–H and O–H groups in total. The van der Waals surface area contributed by atoms with Crippen LogP contribution in [-0.4, -0.2) is 23.1 Å². The van der Waals surface area contributed by atoms with Crippen molar-refractivity contribution in [3.8, 4) is 0 Å². The zero-order valence-corrected chi connectivity index (χ0v) is 12.4. The summed E-state index contributed by atoms with van der Waals surface area (Å²) in [6.45, 7) is 6.24. The van der Waals surface area contributed by atoms with Crippen molar-refractivity contribution in [3.63, 3.8) is 0 Å². The van der Waals surface area contributed by atoms with Crippen LogP contribution in [0.4, 0.5) is 0 Å². The number of hydrogen-bond acceptors (Lipinski definition) is 2. The highest BCUT2D eigenvalue weighted by molar-refractivity contribution is 6.33. The molecule has 0 aliphatic carbocycles. The van der Waals surface area contributed by atoms with Crippen molar-refractivity contribution in [1.29, 1.82) is 0 Å². The molecule has 1 aromatic carbocycles. The summed E-state index contributed by atoms with van der Waals surface area (Å²) in [5, 5.41) is 0. The predicted octanol–water partition coefficient (Wildman–Crippen LogP) is 3.50. The minimum atomic E-state index is -0.530. The molecular formula is C16H22N2O2. The molecule has 0 saturated carbocycles. The number of hydrogen-bond donors (Lipinski definition) is 0. The topological polar surface area (TPSA) is 62.7 Å². The van der Waals surface area contributed by atoms with Crippen molar-refractivity contribution in [2.24, 2.45) is 0 Å². The van der Waals surface area contributed by atoms with E-state index in [1.54, 1.807) is 6.92 Å². The Morgan fingerprint density at radius 1 is 1.35 bits per heavy atom. The number of ether oxygens (including phenoxy) is 1. The molecular weight excluding hydrogens is 252 g/mol. The van der Waals surface area contributed by atoms with Gasteiger partial charge in [0.25, 0.3) is 0 Å². The second kappa shape index (κ2) is 8.28. The lowest BCUT2D eigenvalue weighted by atomic mass is 9.94. The van der Waals surface area contributed by atoms with Gasteiger partial charge in [0.2, 0.25) is 0 Å². The van der Waals surface area contributed by atoms with Crippen molar-refractivity contribution in [3.05, 3.63) is 40.9 Å². The first-order valence-electron chi connectivity index (χ1n) is 7.03. The molecule has 0 bridgehead atoms. The van der Waals surface area contributed by atoms with Gasteiger partial charge < -0.3 is 10.3 Å². The standard InChI is InChI=1S/C16H22N2O2/c1-4-20-16(19)15(18-17)7-5-6-13(3)14-10-8-12(2)9-11-14/h8-11,13H,4-7H2,1-3H3. The van der Waals surface area contributed by atoms with E-state index in [4.69, 9.17) is 10.3 Å². The largest absolute Gasteiger partial charge is 0.457 e. The molecule has 0 saturated heterocycles. The van der Waals surface area contributed by atoms with Crippen molar-refractivity contribution >= 4 is 11.7 Å². The molecule has 4 nitrogen and oxygen atoms in total. The summed E-state index contributed by atoms with van der Waals surface area (Å²) in [6.07, 6.45) is 2.15. The van der Waals surface area contributed by atoms with Crippen LogP contribution in [-0.2, 0) is 9.53 Å². The quantitative estimate of drug-likeness (QED) is 0.330. The number of carbonyl (C=O) groups is 1. The van der Waals surface area contributed by atoms with Crippen LogP contribution < -0.4 is 0 Å². The SMILES string of the molecule is CCOC(=O)C(CCCC(C)c1ccc(C)cc1)=[N+]=[N-]. The zero-order chi connectivity index (χ0) is 15.0. The minimum absolute atomic E-state index is 0.1000. The highest BCUT2D eigenvalue weighted by atomic mass is 16.5. The zero-order valence-electron chi connectivity index (χ0n) is 12.4. The van der Waals surface area contributed by atoms with E-state index in [2.05, 4.69) is 42.9 Å². The van der Waals surface area contributed by atoms with E-state index in [0.717, 1.165) is 12.8 Å². The maximum absolute atomic E-state index is 11.4. The summed E-state index contributed by atoms with van der Waals surface area (Å²) < 4.78 is 4.82. The Morgan fingerprint density at radius 2 is 2.00 bits per heavy atom. The normalized spacial score (nSPS) is 11.6. The molecule has 0 spiro atoms. The lowest BCUT2D eigenvalue weighted by Crippen LogP contribution is -2.18. The van der Waals surface area contributed by atoms with E-state index in [1.807, 2.05) is 0 Å². The van der Waals surface area contributed by atoms with Gasteiger partial charge in [0.15, 0.2) is 0 Å². The van der Waals surface area contributed by atoms with E-state index in [-0.39, 0.29) is 12.3 Å². The average molecular weight is 274 g/mol. The smallest absolute Gasteiger partial charge is 0.416 e. The summed E-state index contributed by atoms with van der Waals surface area (Å²) in [7, 11) is 0. The number of aryl methyl sites for hydroxylation is 1. The maximum Gasteiger partial charge on any atom is 0.416 e. The lowest BCUT2D eigenvalue weighted by Gasteiger charge is -2.11. The molecule has 108 valence electrons. The summed E-state index contributed by atoms with van der Waals surface area (Å²) in [4.78, 5) is 14.5. The number of benzene rings is 1. The van der Waals surface area contributed by atoms with Crippen LogP contribution in [0.1, 0.15) is 50.2 Å². The van der Waals surface area contributed by atoms with Gasteiger partial charge in [0, 0.05) is 0 Å². The Morgan fingerprint density at radius 3 is 2.55 bits per heavy atom. The fraction of sp³-hybridized carbons (Fsp3) is 0.500. The second-order valence-electron chi connectivity index (χ2n) is 4.97. The summed E-state index contributed by atoms with van der Waals surface area (Å²) in [6, 6.07) is 8.47. The fourth-order valence-electron chi connectivity index (χ4n) is 2.04. The van der Waals surface area contributed by atoms with Gasteiger partial charge in [-0.15, -0.1) is 0 Å². The van der Waals surface area contributed by atoms with Gasteiger partial charge in [-0.25, -0.2) is 4.79 Å². The molecule has 4 heteroatoms. The van der Waals surface area contributed by atoms with Crippen molar-refractivity contribution in [1.82, 2.24) is 0 Å². The van der Waals surface area contributed by atoms with Crippen LogP contribution >= 0.6 is 0 Å². The third-order valence-electron chi connectivity index (χ3n) is 3.33. The van der Waals surface area contributed by atoms with E-state index in [0.29, 0.717) is 12.3 Å². The van der Waals surface area contributed by atoms with Crippen LogP contribution in [0.3, 0.4) is 0 Å². The Kier molecular flexibility index (Phi) is 6.68. The van der Waals surface area contributed by atoms with E-state index >= 15 is 0 Å². The third-order valence-corrected chi connectivity index (χ3v) is 3.33. The molecule has 1 atom stereocenters. The minimum Gasteiger partial charge on any atom is -0.457 e. The Hall–Kier alpha value is -1.93. The molecule has 0 aliphatic rings. The highest BCUT2D eigenvalue weighted by Crippen LogP contribution is 2.21. The molecule has 1 unspecified atom stereocenters. The maximum atomic E-state index is 11.4.